The van der Waals surface area contributed by atoms with Crippen molar-refractivity contribution in [3.05, 3.63) is 0 Å². The van der Waals surface area contributed by atoms with Crippen LogP contribution in [0.1, 0.15) is 71.6 Å². The van der Waals surface area contributed by atoms with E-state index in [0.29, 0.717) is 6.04 Å². The molecule has 0 aliphatic carbocycles. The predicted molar refractivity (Wildman–Crippen MR) is 81.1 cm³/mol. The molecule has 1 fully saturated rings. The van der Waals surface area contributed by atoms with Gasteiger partial charge in [-0.25, -0.2) is 0 Å². The fourth-order valence-corrected chi connectivity index (χ4v) is 2.85. The Hall–Kier alpha value is -0.0800. The topological polar surface area (TPSA) is 15.3 Å². The molecule has 1 aliphatic heterocycles. The van der Waals surface area contributed by atoms with Gasteiger partial charge in [-0.15, -0.1) is 0 Å². The highest BCUT2D eigenvalue weighted by molar-refractivity contribution is 4.72. The Labute approximate surface area is 115 Å². The van der Waals surface area contributed by atoms with Gasteiger partial charge in [0, 0.05) is 12.6 Å². The van der Waals surface area contributed by atoms with Crippen LogP contribution in [-0.2, 0) is 0 Å². The minimum atomic E-state index is 0.670. The molecule has 0 bridgehead atoms. The maximum absolute atomic E-state index is 3.67. The van der Waals surface area contributed by atoms with Gasteiger partial charge in [0.05, 0.1) is 0 Å². The van der Waals surface area contributed by atoms with Gasteiger partial charge >= 0.3 is 0 Å². The lowest BCUT2D eigenvalue weighted by Gasteiger charge is -2.21. The number of hydrogen-bond donors (Lipinski definition) is 1. The molecule has 0 amide bonds. The van der Waals surface area contributed by atoms with Gasteiger partial charge in [-0.05, 0) is 45.8 Å². The van der Waals surface area contributed by atoms with Crippen LogP contribution < -0.4 is 5.32 Å². The molecule has 0 aromatic heterocycles. The first-order valence-corrected chi connectivity index (χ1v) is 8.28. The highest BCUT2D eigenvalue weighted by atomic mass is 15.2. The molecule has 18 heavy (non-hydrogen) atoms. The molecule has 1 atom stereocenters. The maximum Gasteiger partial charge on any atom is 0.0166 e. The lowest BCUT2D eigenvalue weighted by molar-refractivity contribution is 0.298. The Bertz CT molecular complexity index is 176. The van der Waals surface area contributed by atoms with Crippen molar-refractivity contribution in [2.75, 3.05) is 26.2 Å². The van der Waals surface area contributed by atoms with E-state index in [-0.39, 0.29) is 0 Å². The first-order chi connectivity index (χ1) is 8.83. The Morgan fingerprint density at radius 3 is 2.22 bits per heavy atom. The van der Waals surface area contributed by atoms with Gasteiger partial charge in [-0.3, -0.25) is 0 Å². The Balaban J connectivity index is 1.81. The summed E-state index contributed by atoms with van der Waals surface area (Å²) in [5.74, 6) is 0. The standard InChI is InChI=1S/C16H34N2/c1-3-4-5-6-7-8-9-12-17-16(2)15-18-13-10-11-14-18/h16-17H,3-15H2,1-2H3. The third-order valence-corrected chi connectivity index (χ3v) is 4.00. The van der Waals surface area contributed by atoms with E-state index in [9.17, 15) is 0 Å². The number of nitrogens with one attached hydrogen (secondary N) is 1. The van der Waals surface area contributed by atoms with Crippen LogP contribution in [0.15, 0.2) is 0 Å². The van der Waals surface area contributed by atoms with Gasteiger partial charge in [-0.1, -0.05) is 45.4 Å². The van der Waals surface area contributed by atoms with Crippen molar-refractivity contribution >= 4 is 0 Å². The summed E-state index contributed by atoms with van der Waals surface area (Å²) >= 11 is 0. The average Bonchev–Trinajstić information content (AvgIpc) is 2.85. The number of hydrogen-bond acceptors (Lipinski definition) is 2. The highest BCUT2D eigenvalue weighted by Crippen LogP contribution is 2.08. The van der Waals surface area contributed by atoms with Gasteiger partial charge < -0.3 is 10.2 Å². The summed E-state index contributed by atoms with van der Waals surface area (Å²) in [6.07, 6.45) is 12.7. The van der Waals surface area contributed by atoms with E-state index in [4.69, 9.17) is 0 Å². The molecule has 1 saturated heterocycles. The zero-order valence-electron chi connectivity index (χ0n) is 12.7. The smallest absolute Gasteiger partial charge is 0.0166 e. The second-order valence-electron chi connectivity index (χ2n) is 5.98. The lowest BCUT2D eigenvalue weighted by atomic mass is 10.1. The Kier molecular flexibility index (Phi) is 9.59. The highest BCUT2D eigenvalue weighted by Gasteiger charge is 2.13. The van der Waals surface area contributed by atoms with E-state index in [1.807, 2.05) is 0 Å². The first-order valence-electron chi connectivity index (χ1n) is 8.28. The summed E-state index contributed by atoms with van der Waals surface area (Å²) in [7, 11) is 0. The van der Waals surface area contributed by atoms with Crippen molar-refractivity contribution < 1.29 is 0 Å². The maximum atomic E-state index is 3.67. The van der Waals surface area contributed by atoms with Crippen molar-refractivity contribution in [1.82, 2.24) is 10.2 Å². The lowest BCUT2D eigenvalue weighted by Crippen LogP contribution is -2.38. The molecular weight excluding hydrogens is 220 g/mol. The molecule has 0 saturated carbocycles. The van der Waals surface area contributed by atoms with Crippen LogP contribution in [0.4, 0.5) is 0 Å². The van der Waals surface area contributed by atoms with Crippen molar-refractivity contribution in [3.8, 4) is 0 Å². The quantitative estimate of drug-likeness (QED) is 0.564. The van der Waals surface area contributed by atoms with E-state index in [2.05, 4.69) is 24.1 Å². The van der Waals surface area contributed by atoms with Gasteiger partial charge in [0.2, 0.25) is 0 Å². The number of nitrogens with zero attached hydrogens (tertiary/aromatic N) is 1. The zero-order chi connectivity index (χ0) is 13.1. The number of unbranched alkanes of at least 4 members (excludes halogenated alkanes) is 6. The molecule has 0 aromatic rings. The van der Waals surface area contributed by atoms with E-state index in [1.165, 1.54) is 84.0 Å². The Morgan fingerprint density at radius 1 is 0.944 bits per heavy atom. The van der Waals surface area contributed by atoms with Crippen LogP contribution in [0.3, 0.4) is 0 Å². The van der Waals surface area contributed by atoms with E-state index in [0.717, 1.165) is 0 Å². The molecule has 0 spiro atoms. The summed E-state index contributed by atoms with van der Waals surface area (Å²) in [6, 6.07) is 0.670. The molecule has 1 unspecified atom stereocenters. The molecule has 1 heterocycles. The number of rotatable bonds is 11. The van der Waals surface area contributed by atoms with Crippen LogP contribution in [0.25, 0.3) is 0 Å². The molecule has 2 nitrogen and oxygen atoms in total. The molecule has 1 aliphatic rings. The van der Waals surface area contributed by atoms with E-state index < -0.39 is 0 Å². The summed E-state index contributed by atoms with van der Waals surface area (Å²) in [5, 5.41) is 3.67. The van der Waals surface area contributed by atoms with Gasteiger partial charge in [0.1, 0.15) is 0 Å². The van der Waals surface area contributed by atoms with Gasteiger partial charge in [0.25, 0.3) is 0 Å². The van der Waals surface area contributed by atoms with Crippen molar-refractivity contribution in [1.29, 1.82) is 0 Å². The van der Waals surface area contributed by atoms with Crippen molar-refractivity contribution in [3.63, 3.8) is 0 Å². The minimum Gasteiger partial charge on any atom is -0.313 e. The molecule has 108 valence electrons. The van der Waals surface area contributed by atoms with E-state index >= 15 is 0 Å². The Morgan fingerprint density at radius 2 is 1.56 bits per heavy atom. The number of likely N-dealkylation sites (tertiary alicyclic amines) is 1. The second-order valence-corrected chi connectivity index (χ2v) is 5.98. The summed E-state index contributed by atoms with van der Waals surface area (Å²) in [5.41, 5.74) is 0. The predicted octanol–water partition coefficient (Wildman–Crippen LogP) is 3.81. The zero-order valence-corrected chi connectivity index (χ0v) is 12.7. The van der Waals surface area contributed by atoms with Crippen LogP contribution >= 0.6 is 0 Å². The molecule has 1 N–H and O–H groups in total. The normalized spacial score (nSPS) is 18.3. The van der Waals surface area contributed by atoms with Gasteiger partial charge in [0.15, 0.2) is 0 Å². The summed E-state index contributed by atoms with van der Waals surface area (Å²) in [6.45, 7) is 9.72. The van der Waals surface area contributed by atoms with Crippen molar-refractivity contribution in [2.45, 2.75) is 77.7 Å². The van der Waals surface area contributed by atoms with Crippen LogP contribution in [0.2, 0.25) is 0 Å². The largest absolute Gasteiger partial charge is 0.313 e. The summed E-state index contributed by atoms with van der Waals surface area (Å²) in [4.78, 5) is 2.60. The third kappa shape index (κ3) is 8.10. The molecule has 2 heteroatoms. The van der Waals surface area contributed by atoms with Crippen LogP contribution in [0, 0.1) is 0 Å². The molecular formula is C16H34N2. The molecule has 1 rings (SSSR count). The first kappa shape index (κ1) is 16.0. The monoisotopic (exact) mass is 254 g/mol. The SMILES string of the molecule is CCCCCCCCCNC(C)CN1CCCC1. The second kappa shape index (κ2) is 10.8. The van der Waals surface area contributed by atoms with Gasteiger partial charge in [-0.2, -0.15) is 0 Å². The molecule has 0 aromatic carbocycles. The fraction of sp³-hybridized carbons (Fsp3) is 1.00. The third-order valence-electron chi connectivity index (χ3n) is 4.00. The summed E-state index contributed by atoms with van der Waals surface area (Å²) < 4.78 is 0. The van der Waals surface area contributed by atoms with Crippen LogP contribution in [-0.4, -0.2) is 37.1 Å². The van der Waals surface area contributed by atoms with Crippen molar-refractivity contribution in [2.24, 2.45) is 0 Å². The fourth-order valence-electron chi connectivity index (χ4n) is 2.85. The molecule has 0 radical (unpaired) electrons. The van der Waals surface area contributed by atoms with E-state index in [1.54, 1.807) is 0 Å². The minimum absolute atomic E-state index is 0.670. The van der Waals surface area contributed by atoms with Crippen LogP contribution in [0.5, 0.6) is 0 Å². The average molecular weight is 254 g/mol.